The summed E-state index contributed by atoms with van der Waals surface area (Å²) in [6, 6.07) is 13.3. The van der Waals surface area contributed by atoms with E-state index < -0.39 is 10.8 Å². The molecule has 1 saturated heterocycles. The molecule has 3 rings (SSSR count). The molecule has 7 heteroatoms. The topological polar surface area (TPSA) is 92.6 Å². The van der Waals surface area contributed by atoms with Crippen LogP contribution in [0.4, 0.5) is 11.4 Å². The predicted molar refractivity (Wildman–Crippen MR) is 92.5 cm³/mol. The summed E-state index contributed by atoms with van der Waals surface area (Å²) in [6.07, 6.45) is 0.203. The molecule has 25 heavy (non-hydrogen) atoms. The van der Waals surface area contributed by atoms with E-state index in [0.29, 0.717) is 12.1 Å². The van der Waals surface area contributed by atoms with Crippen molar-refractivity contribution in [3.05, 3.63) is 69.8 Å². The fraction of sp³-hybridized carbons (Fsp3) is 0.222. The molecule has 0 bridgehead atoms. The number of nitrogens with zero attached hydrogens (tertiary/aromatic N) is 2. The number of amides is 2. The maximum absolute atomic E-state index is 12.4. The van der Waals surface area contributed by atoms with Crippen LogP contribution in [0.25, 0.3) is 0 Å². The van der Waals surface area contributed by atoms with E-state index in [1.54, 1.807) is 24.0 Å². The minimum atomic E-state index is -0.512. The molecular formula is C18H17N3O4. The monoisotopic (exact) mass is 339 g/mol. The Morgan fingerprint density at radius 2 is 1.96 bits per heavy atom. The summed E-state index contributed by atoms with van der Waals surface area (Å²) < 4.78 is 0. The molecule has 2 aromatic rings. The van der Waals surface area contributed by atoms with Crippen LogP contribution in [0.2, 0.25) is 0 Å². The van der Waals surface area contributed by atoms with Crippen LogP contribution in [0.5, 0.6) is 0 Å². The number of rotatable bonds is 4. The van der Waals surface area contributed by atoms with E-state index in [4.69, 9.17) is 0 Å². The van der Waals surface area contributed by atoms with Crippen molar-refractivity contribution >= 4 is 23.2 Å². The number of carbonyl (C=O) groups excluding carboxylic acids is 2. The smallest absolute Gasteiger partial charge is 0.273 e. The minimum Gasteiger partial charge on any atom is -0.347 e. The summed E-state index contributed by atoms with van der Waals surface area (Å²) >= 11 is 0. The van der Waals surface area contributed by atoms with Crippen LogP contribution in [0.1, 0.15) is 22.3 Å². The highest BCUT2D eigenvalue weighted by molar-refractivity contribution is 5.99. The van der Waals surface area contributed by atoms with E-state index in [9.17, 15) is 19.7 Å². The van der Waals surface area contributed by atoms with Crippen LogP contribution in [0.15, 0.2) is 48.5 Å². The molecule has 0 aromatic heterocycles. The number of anilines is 1. The molecule has 0 saturated carbocycles. The average molecular weight is 339 g/mol. The second kappa shape index (κ2) is 6.72. The Labute approximate surface area is 144 Å². The second-order valence-electron chi connectivity index (χ2n) is 5.97. The van der Waals surface area contributed by atoms with Gasteiger partial charge in [-0.05, 0) is 25.1 Å². The molecule has 1 N–H and O–H groups in total. The van der Waals surface area contributed by atoms with Crippen molar-refractivity contribution in [2.24, 2.45) is 0 Å². The van der Waals surface area contributed by atoms with Gasteiger partial charge in [0.2, 0.25) is 5.91 Å². The van der Waals surface area contributed by atoms with Crippen LogP contribution < -0.4 is 10.2 Å². The largest absolute Gasteiger partial charge is 0.347 e. The van der Waals surface area contributed by atoms with Gasteiger partial charge in [-0.3, -0.25) is 19.7 Å². The fourth-order valence-corrected chi connectivity index (χ4v) is 2.88. The summed E-state index contributed by atoms with van der Waals surface area (Å²) in [5.41, 5.74) is 1.40. The van der Waals surface area contributed by atoms with Crippen LogP contribution in [0.3, 0.4) is 0 Å². The van der Waals surface area contributed by atoms with Crippen LogP contribution in [-0.4, -0.2) is 29.3 Å². The Morgan fingerprint density at radius 1 is 1.24 bits per heavy atom. The lowest BCUT2D eigenvalue weighted by Gasteiger charge is -2.17. The molecule has 1 heterocycles. The number of hydrogen-bond donors (Lipinski definition) is 1. The number of carbonyl (C=O) groups is 2. The molecule has 2 aromatic carbocycles. The van der Waals surface area contributed by atoms with Crippen molar-refractivity contribution in [1.82, 2.24) is 5.32 Å². The van der Waals surface area contributed by atoms with E-state index in [2.05, 4.69) is 5.32 Å². The predicted octanol–water partition coefficient (Wildman–Crippen LogP) is 2.44. The first kappa shape index (κ1) is 16.6. The van der Waals surface area contributed by atoms with Crippen molar-refractivity contribution in [1.29, 1.82) is 0 Å². The molecule has 2 amide bonds. The third-order valence-corrected chi connectivity index (χ3v) is 4.20. The van der Waals surface area contributed by atoms with Crippen LogP contribution in [0, 0.1) is 17.0 Å². The number of aryl methyl sites for hydroxylation is 1. The number of hydrogen-bond acceptors (Lipinski definition) is 4. The normalized spacial score (nSPS) is 16.8. The molecular weight excluding hydrogens is 322 g/mol. The number of para-hydroxylation sites is 1. The molecule has 1 atom stereocenters. The lowest BCUT2D eigenvalue weighted by Crippen LogP contribution is -2.37. The van der Waals surface area contributed by atoms with E-state index >= 15 is 0 Å². The Morgan fingerprint density at radius 3 is 2.64 bits per heavy atom. The summed E-state index contributed by atoms with van der Waals surface area (Å²) in [6.45, 7) is 2.00. The number of nitro benzene ring substituents is 1. The highest BCUT2D eigenvalue weighted by Gasteiger charge is 2.31. The molecule has 0 unspecified atom stereocenters. The van der Waals surface area contributed by atoms with Crippen molar-refractivity contribution in [3.63, 3.8) is 0 Å². The van der Waals surface area contributed by atoms with Gasteiger partial charge in [-0.2, -0.15) is 0 Å². The van der Waals surface area contributed by atoms with Gasteiger partial charge in [0.15, 0.2) is 0 Å². The Kier molecular flexibility index (Phi) is 4.47. The molecule has 0 radical (unpaired) electrons. The molecule has 0 aliphatic carbocycles. The fourth-order valence-electron chi connectivity index (χ4n) is 2.88. The minimum absolute atomic E-state index is 0.0635. The van der Waals surface area contributed by atoms with Crippen molar-refractivity contribution < 1.29 is 14.5 Å². The zero-order valence-electron chi connectivity index (χ0n) is 13.6. The molecule has 1 aliphatic rings. The lowest BCUT2D eigenvalue weighted by molar-refractivity contribution is -0.385. The number of benzene rings is 2. The van der Waals surface area contributed by atoms with Gasteiger partial charge in [-0.25, -0.2) is 0 Å². The van der Waals surface area contributed by atoms with Gasteiger partial charge >= 0.3 is 0 Å². The summed E-state index contributed by atoms with van der Waals surface area (Å²) in [7, 11) is 0. The quantitative estimate of drug-likeness (QED) is 0.684. The molecule has 7 nitrogen and oxygen atoms in total. The zero-order valence-corrected chi connectivity index (χ0v) is 13.6. The van der Waals surface area contributed by atoms with Crippen LogP contribution >= 0.6 is 0 Å². The van der Waals surface area contributed by atoms with E-state index in [0.717, 1.165) is 5.69 Å². The molecule has 0 spiro atoms. The standard InChI is InChI=1S/C18H17N3O4/c1-12-7-8-13(9-16(12)21(24)25)18(23)19-14-10-17(22)20(11-14)15-5-3-2-4-6-15/h2-9,14H,10-11H2,1H3,(H,19,23)/t14-/m1/s1. The third kappa shape index (κ3) is 3.50. The highest BCUT2D eigenvalue weighted by Crippen LogP contribution is 2.22. The summed E-state index contributed by atoms with van der Waals surface area (Å²) in [5, 5.41) is 13.8. The van der Waals surface area contributed by atoms with Gasteiger partial charge in [0.25, 0.3) is 11.6 Å². The van der Waals surface area contributed by atoms with E-state index in [1.165, 1.54) is 6.07 Å². The number of nitrogens with one attached hydrogen (secondary N) is 1. The van der Waals surface area contributed by atoms with E-state index in [1.807, 2.05) is 30.3 Å². The van der Waals surface area contributed by atoms with Gasteiger partial charge in [0.05, 0.1) is 11.0 Å². The van der Waals surface area contributed by atoms with Crippen molar-refractivity contribution in [2.75, 3.05) is 11.4 Å². The SMILES string of the molecule is Cc1ccc(C(=O)N[C@@H]2CC(=O)N(c3ccccc3)C2)cc1[N+](=O)[O-]. The summed E-state index contributed by atoms with van der Waals surface area (Å²) in [4.78, 5) is 36.7. The van der Waals surface area contributed by atoms with Crippen LogP contribution in [-0.2, 0) is 4.79 Å². The van der Waals surface area contributed by atoms with E-state index in [-0.39, 0.29) is 29.6 Å². The van der Waals surface area contributed by atoms with Gasteiger partial charge in [0, 0.05) is 35.8 Å². The maximum Gasteiger partial charge on any atom is 0.273 e. The Bertz CT molecular complexity index is 835. The second-order valence-corrected chi connectivity index (χ2v) is 5.97. The molecule has 1 fully saturated rings. The first-order valence-corrected chi connectivity index (χ1v) is 7.87. The molecule has 128 valence electrons. The van der Waals surface area contributed by atoms with Gasteiger partial charge < -0.3 is 10.2 Å². The van der Waals surface area contributed by atoms with Gasteiger partial charge in [-0.15, -0.1) is 0 Å². The maximum atomic E-state index is 12.4. The zero-order chi connectivity index (χ0) is 18.0. The van der Waals surface area contributed by atoms with Crippen molar-refractivity contribution in [2.45, 2.75) is 19.4 Å². The Balaban J connectivity index is 1.71. The van der Waals surface area contributed by atoms with Gasteiger partial charge in [-0.1, -0.05) is 24.3 Å². The lowest BCUT2D eigenvalue weighted by atomic mass is 10.1. The van der Waals surface area contributed by atoms with Gasteiger partial charge in [0.1, 0.15) is 0 Å². The summed E-state index contributed by atoms with van der Waals surface area (Å²) in [5.74, 6) is -0.484. The first-order valence-electron chi connectivity index (χ1n) is 7.87. The first-order chi connectivity index (χ1) is 12.0. The molecule has 1 aliphatic heterocycles. The Hall–Kier alpha value is -3.22. The average Bonchev–Trinajstić information content (AvgIpc) is 2.96. The highest BCUT2D eigenvalue weighted by atomic mass is 16.6. The van der Waals surface area contributed by atoms with Crippen molar-refractivity contribution in [3.8, 4) is 0 Å². The number of nitro groups is 1. The third-order valence-electron chi connectivity index (χ3n) is 4.20.